The zero-order chi connectivity index (χ0) is 15.4. The molecular formula is C17H19N3O2. The van der Waals surface area contributed by atoms with Gasteiger partial charge in [-0.05, 0) is 49.1 Å². The molecule has 2 heterocycles. The molecule has 0 saturated carbocycles. The second-order valence-electron chi connectivity index (χ2n) is 5.66. The molecule has 3 rings (SSSR count). The molecule has 1 aliphatic heterocycles. The van der Waals surface area contributed by atoms with Crippen LogP contribution in [0.4, 0.5) is 0 Å². The maximum absolute atomic E-state index is 12.5. The average molecular weight is 297 g/mol. The summed E-state index contributed by atoms with van der Waals surface area (Å²) in [4.78, 5) is 22.4. The Morgan fingerprint density at radius 2 is 1.95 bits per heavy atom. The van der Waals surface area contributed by atoms with Crippen molar-refractivity contribution in [1.29, 1.82) is 0 Å². The summed E-state index contributed by atoms with van der Waals surface area (Å²) in [6.07, 6.45) is 5.53. The Balaban J connectivity index is 1.67. The lowest BCUT2D eigenvalue weighted by atomic mass is 9.99. The van der Waals surface area contributed by atoms with Crippen molar-refractivity contribution in [3.63, 3.8) is 0 Å². The number of hydrogen-bond acceptors (Lipinski definition) is 4. The molecule has 1 amide bonds. The summed E-state index contributed by atoms with van der Waals surface area (Å²) in [6.45, 7) is 3.88. The van der Waals surface area contributed by atoms with Crippen molar-refractivity contribution in [2.24, 2.45) is 5.92 Å². The molecule has 0 bridgehead atoms. The molecule has 1 fully saturated rings. The molecule has 1 saturated heterocycles. The molecule has 1 aromatic heterocycles. The van der Waals surface area contributed by atoms with Gasteiger partial charge in [-0.2, -0.15) is 0 Å². The van der Waals surface area contributed by atoms with Crippen LogP contribution in [0.5, 0.6) is 11.8 Å². The third kappa shape index (κ3) is 3.42. The first kappa shape index (κ1) is 14.5. The summed E-state index contributed by atoms with van der Waals surface area (Å²) in [7, 11) is 0. The predicted molar refractivity (Wildman–Crippen MR) is 82.8 cm³/mol. The van der Waals surface area contributed by atoms with Crippen molar-refractivity contribution in [1.82, 2.24) is 14.9 Å². The fraction of sp³-hybridized carbons (Fsp3) is 0.353. The van der Waals surface area contributed by atoms with Gasteiger partial charge in [0.15, 0.2) is 0 Å². The van der Waals surface area contributed by atoms with E-state index in [2.05, 4.69) is 16.9 Å². The third-order valence-electron chi connectivity index (χ3n) is 3.80. The Kier molecular flexibility index (Phi) is 4.32. The Morgan fingerprint density at radius 3 is 2.64 bits per heavy atom. The third-order valence-corrected chi connectivity index (χ3v) is 3.80. The fourth-order valence-electron chi connectivity index (χ4n) is 2.67. The van der Waals surface area contributed by atoms with Crippen LogP contribution < -0.4 is 4.74 Å². The molecule has 0 unspecified atom stereocenters. The summed E-state index contributed by atoms with van der Waals surface area (Å²) < 4.78 is 5.53. The maximum atomic E-state index is 12.5. The van der Waals surface area contributed by atoms with Gasteiger partial charge in [-0.1, -0.05) is 6.92 Å². The van der Waals surface area contributed by atoms with Crippen molar-refractivity contribution < 1.29 is 9.53 Å². The second-order valence-corrected chi connectivity index (χ2v) is 5.66. The lowest BCUT2D eigenvalue weighted by Gasteiger charge is -2.31. The van der Waals surface area contributed by atoms with E-state index in [1.165, 1.54) is 6.42 Å². The normalized spacial score (nSPS) is 18.0. The predicted octanol–water partition coefficient (Wildman–Crippen LogP) is 3.14. The Morgan fingerprint density at radius 1 is 1.23 bits per heavy atom. The van der Waals surface area contributed by atoms with Crippen LogP contribution in [0.1, 0.15) is 30.1 Å². The van der Waals surface area contributed by atoms with Crippen LogP contribution in [0, 0.1) is 5.92 Å². The van der Waals surface area contributed by atoms with E-state index in [0.29, 0.717) is 23.2 Å². The van der Waals surface area contributed by atoms with Gasteiger partial charge < -0.3 is 9.64 Å². The number of hydrogen-bond donors (Lipinski definition) is 0. The van der Waals surface area contributed by atoms with E-state index in [9.17, 15) is 4.79 Å². The van der Waals surface area contributed by atoms with Crippen LogP contribution in [-0.4, -0.2) is 33.9 Å². The van der Waals surface area contributed by atoms with Crippen LogP contribution >= 0.6 is 0 Å². The van der Waals surface area contributed by atoms with Gasteiger partial charge in [0.05, 0.1) is 0 Å². The van der Waals surface area contributed by atoms with Crippen molar-refractivity contribution in [3.05, 3.63) is 48.3 Å². The Hall–Kier alpha value is -2.43. The highest BCUT2D eigenvalue weighted by atomic mass is 16.5. The fourth-order valence-corrected chi connectivity index (χ4v) is 2.67. The molecule has 2 aromatic rings. The number of carbonyl (C=O) groups is 1. The van der Waals surface area contributed by atoms with Gasteiger partial charge in [-0.25, -0.2) is 9.97 Å². The van der Waals surface area contributed by atoms with Crippen molar-refractivity contribution in [3.8, 4) is 11.8 Å². The van der Waals surface area contributed by atoms with Gasteiger partial charge in [0.1, 0.15) is 5.75 Å². The van der Waals surface area contributed by atoms with E-state index >= 15 is 0 Å². The SMILES string of the molecule is C[C@H]1CCCN(C(=O)c2ccc(Oc3ncccn3)cc2)C1. The lowest BCUT2D eigenvalue weighted by molar-refractivity contribution is 0.0683. The smallest absolute Gasteiger partial charge is 0.321 e. The van der Waals surface area contributed by atoms with Crippen LogP contribution in [0.25, 0.3) is 0 Å². The van der Waals surface area contributed by atoms with Crippen LogP contribution in [0.15, 0.2) is 42.7 Å². The van der Waals surface area contributed by atoms with E-state index in [1.54, 1.807) is 42.7 Å². The number of rotatable bonds is 3. The summed E-state index contributed by atoms with van der Waals surface area (Å²) >= 11 is 0. The first-order valence-corrected chi connectivity index (χ1v) is 7.56. The van der Waals surface area contributed by atoms with Crippen LogP contribution in [0.3, 0.4) is 0 Å². The Labute approximate surface area is 130 Å². The van der Waals surface area contributed by atoms with Gasteiger partial charge >= 0.3 is 6.01 Å². The first-order chi connectivity index (χ1) is 10.7. The topological polar surface area (TPSA) is 55.3 Å². The van der Waals surface area contributed by atoms with Crippen molar-refractivity contribution in [2.45, 2.75) is 19.8 Å². The minimum absolute atomic E-state index is 0.0917. The number of amides is 1. The molecule has 0 spiro atoms. The van der Waals surface area contributed by atoms with E-state index in [0.717, 1.165) is 19.5 Å². The highest BCUT2D eigenvalue weighted by Crippen LogP contribution is 2.21. The molecule has 22 heavy (non-hydrogen) atoms. The van der Waals surface area contributed by atoms with Gasteiger partial charge in [-0.15, -0.1) is 0 Å². The highest BCUT2D eigenvalue weighted by molar-refractivity contribution is 5.94. The molecule has 5 heteroatoms. The molecular weight excluding hydrogens is 278 g/mol. The van der Waals surface area contributed by atoms with Gasteiger partial charge in [-0.3, -0.25) is 4.79 Å². The van der Waals surface area contributed by atoms with Crippen LogP contribution in [0.2, 0.25) is 0 Å². The van der Waals surface area contributed by atoms with Gasteiger partial charge in [0, 0.05) is 31.0 Å². The largest absolute Gasteiger partial charge is 0.424 e. The van der Waals surface area contributed by atoms with E-state index in [-0.39, 0.29) is 5.91 Å². The minimum atomic E-state index is 0.0917. The number of piperidine rings is 1. The van der Waals surface area contributed by atoms with E-state index in [4.69, 9.17) is 4.74 Å². The molecule has 5 nitrogen and oxygen atoms in total. The highest BCUT2D eigenvalue weighted by Gasteiger charge is 2.21. The molecule has 0 N–H and O–H groups in total. The van der Waals surface area contributed by atoms with Crippen molar-refractivity contribution in [2.75, 3.05) is 13.1 Å². The monoisotopic (exact) mass is 297 g/mol. The number of aromatic nitrogens is 2. The van der Waals surface area contributed by atoms with Crippen LogP contribution in [-0.2, 0) is 0 Å². The minimum Gasteiger partial charge on any atom is -0.424 e. The Bertz CT molecular complexity index is 628. The summed E-state index contributed by atoms with van der Waals surface area (Å²) in [5.41, 5.74) is 0.690. The molecule has 1 atom stereocenters. The van der Waals surface area contributed by atoms with E-state index in [1.807, 2.05) is 4.90 Å². The van der Waals surface area contributed by atoms with Gasteiger partial charge in [0.25, 0.3) is 5.91 Å². The number of likely N-dealkylation sites (tertiary alicyclic amines) is 1. The number of ether oxygens (including phenoxy) is 1. The summed E-state index contributed by atoms with van der Waals surface area (Å²) in [5.74, 6) is 1.29. The van der Waals surface area contributed by atoms with Gasteiger partial charge in [0.2, 0.25) is 0 Å². The molecule has 114 valence electrons. The summed E-state index contributed by atoms with van der Waals surface area (Å²) in [5, 5.41) is 0. The zero-order valence-electron chi connectivity index (χ0n) is 12.6. The van der Waals surface area contributed by atoms with Crippen molar-refractivity contribution >= 4 is 5.91 Å². The number of carbonyl (C=O) groups excluding carboxylic acids is 1. The molecule has 1 aliphatic rings. The number of nitrogens with zero attached hydrogens (tertiary/aromatic N) is 3. The first-order valence-electron chi connectivity index (χ1n) is 7.56. The lowest BCUT2D eigenvalue weighted by Crippen LogP contribution is -2.39. The van der Waals surface area contributed by atoms with E-state index < -0.39 is 0 Å². The molecule has 1 aromatic carbocycles. The quantitative estimate of drug-likeness (QED) is 0.873. The molecule has 0 aliphatic carbocycles. The second kappa shape index (κ2) is 6.56. The summed E-state index contributed by atoms with van der Waals surface area (Å²) in [6, 6.07) is 9.16. The zero-order valence-corrected chi connectivity index (χ0v) is 12.6. The molecule has 0 radical (unpaired) electrons. The average Bonchev–Trinajstić information content (AvgIpc) is 2.56. The number of benzene rings is 1. The maximum Gasteiger partial charge on any atom is 0.321 e. The standard InChI is InChI=1S/C17H19N3O2/c1-13-4-2-11-20(12-13)16(21)14-5-7-15(8-6-14)22-17-18-9-3-10-19-17/h3,5-10,13H,2,4,11-12H2,1H3/t13-/m0/s1.